The minimum Gasteiger partial charge on any atom is -0.455 e. The van der Waals surface area contributed by atoms with Crippen molar-refractivity contribution < 1.29 is 74.9 Å². The second-order valence-electron chi connectivity index (χ2n) is 14.0. The number of allylic oxidation sites excluding steroid dienone is 1. The first-order chi connectivity index (χ1) is 29.2. The fourth-order valence-electron chi connectivity index (χ4n) is 6.86. The Kier molecular flexibility index (Phi) is 14.0. The number of carbonyl (C=O) groups is 2. The number of hydrogen-bond acceptors (Lipinski definition) is 17. The number of alkyl halides is 3. The Bertz CT molecular complexity index is 2440. The van der Waals surface area contributed by atoms with E-state index in [-0.39, 0.29) is 47.6 Å². The van der Waals surface area contributed by atoms with E-state index in [2.05, 4.69) is 36.4 Å². The maximum absolute atomic E-state index is 14.3. The highest BCUT2D eigenvalue weighted by molar-refractivity contribution is 7.53. The summed E-state index contributed by atoms with van der Waals surface area (Å²) in [6.07, 6.45) is -8.54. The molecule has 1 aromatic carbocycles. The Labute approximate surface area is 347 Å². The lowest BCUT2D eigenvalue weighted by Gasteiger charge is -2.29. The van der Waals surface area contributed by atoms with Crippen molar-refractivity contribution in [1.29, 1.82) is 0 Å². The molecule has 1 amide bonds. The molecule has 0 radical (unpaired) electrons. The predicted octanol–water partition coefficient (Wildman–Crippen LogP) is 0.750. The highest BCUT2D eigenvalue weighted by Gasteiger charge is 2.54. The quantitative estimate of drug-likeness (QED) is 0.0436. The summed E-state index contributed by atoms with van der Waals surface area (Å²) < 4.78 is 95.3. The van der Waals surface area contributed by atoms with Gasteiger partial charge in [0.05, 0.1) is 43.9 Å². The molecule has 0 bridgehead atoms. The highest BCUT2D eigenvalue weighted by atomic mass is 31.2. The second kappa shape index (κ2) is 18.7. The molecule has 336 valence electrons. The largest absolute Gasteiger partial charge is 0.469 e. The zero-order valence-corrected chi connectivity index (χ0v) is 33.8. The van der Waals surface area contributed by atoms with E-state index >= 15 is 0 Å². The number of nitrogens with two attached hydrogens (primary N) is 2. The van der Waals surface area contributed by atoms with E-state index in [1.165, 1.54) is 23.0 Å². The van der Waals surface area contributed by atoms with Crippen LogP contribution in [-0.4, -0.2) is 117 Å². The first-order valence-electron chi connectivity index (χ1n) is 18.3. The number of aliphatic hydroxyl groups is 1. The second-order valence-corrected chi connectivity index (χ2v) is 17.2. The average Bonchev–Trinajstić information content (AvgIpc) is 3.91. The van der Waals surface area contributed by atoms with Crippen LogP contribution in [0, 0.1) is 0 Å². The number of nitrogens with one attached hydrogen (secondary N) is 1. The van der Waals surface area contributed by atoms with Gasteiger partial charge in [-0.1, -0.05) is 18.2 Å². The number of hydrogen-bond donors (Lipinski definition) is 7. The van der Waals surface area contributed by atoms with Crippen molar-refractivity contribution in [2.75, 3.05) is 31.3 Å². The van der Waals surface area contributed by atoms with Crippen molar-refractivity contribution in [1.82, 2.24) is 34.4 Å². The molecule has 0 spiro atoms. The number of fused-ring (bicyclic) bond motifs is 1. The lowest BCUT2D eigenvalue weighted by atomic mass is 10.0. The zero-order valence-electron chi connectivity index (χ0n) is 32.0. The summed E-state index contributed by atoms with van der Waals surface area (Å²) in [5, 5.41) is 14.2. The van der Waals surface area contributed by atoms with Crippen molar-refractivity contribution in [3.8, 4) is 0 Å². The molecule has 2 aliphatic heterocycles. The molecule has 4 aromatic rings. The summed E-state index contributed by atoms with van der Waals surface area (Å²) in [4.78, 5) is 85.7. The molecule has 2 aliphatic rings. The number of imidazole rings is 1. The van der Waals surface area contributed by atoms with Gasteiger partial charge < -0.3 is 55.3 Å². The standard InChI is InChI=1S/C34H40F3N9O14P2/c1-2-3-4-24(47)43-19(11-17-5-7-18(8-6-17)34(35,36)37)32(49)60-27-21(59-31(26(27)48)46-16-42-25-29(39)40-15-41-30(25)46)13-57-61(51,52)28-20(45-10-9-23(38)44-33(45)50)12-56-22(28)14-58-62(53,54)55/h2,5-10,15-16,19-22,26-28,31,48H,1,3-4,11-14H2,(H,43,47)(H,51,52)(H2,38,44,50)(H2,39,40,41)(H2,53,54,55)/t19-,20?,21?,22+,26+,27+,28-,31+/m0/s1. The van der Waals surface area contributed by atoms with E-state index in [0.717, 1.165) is 41.4 Å². The van der Waals surface area contributed by atoms with Gasteiger partial charge in [-0.25, -0.2) is 29.1 Å². The Hall–Kier alpha value is -5.14. The Morgan fingerprint density at radius 1 is 1.05 bits per heavy atom. The molecule has 3 unspecified atom stereocenters. The van der Waals surface area contributed by atoms with Gasteiger partial charge in [0, 0.05) is 19.0 Å². The summed E-state index contributed by atoms with van der Waals surface area (Å²) in [5.74, 6) is -2.11. The third kappa shape index (κ3) is 10.7. The van der Waals surface area contributed by atoms with E-state index in [1.54, 1.807) is 0 Å². The Balaban J connectivity index is 1.31. The molecule has 23 nitrogen and oxygen atoms in total. The molecule has 2 fully saturated rings. The number of ether oxygens (including phenoxy) is 3. The average molecular weight is 918 g/mol. The number of esters is 1. The maximum Gasteiger partial charge on any atom is 0.469 e. The SMILES string of the molecule is C=CCCC(=O)N[C@@H](Cc1ccc(C(F)(F)F)cc1)C(=O)O[C@@H]1C(COP(=O)(O)[C@H]2C(n3ccc(N)nc3=O)CO[C@@H]2COP(=O)(O)O)O[C@@H](n2cnc3c(N)ncnc32)[C@@H]1O. The fraction of sp³-hybridized carbons (Fsp3) is 0.441. The van der Waals surface area contributed by atoms with Gasteiger partial charge in [-0.2, -0.15) is 18.2 Å². The number of benzene rings is 1. The number of amides is 1. The molecular formula is C34H40F3N9O14P2. The van der Waals surface area contributed by atoms with Crippen molar-refractivity contribution in [2.45, 2.75) is 73.8 Å². The summed E-state index contributed by atoms with van der Waals surface area (Å²) in [5.41, 5.74) is 8.11. The van der Waals surface area contributed by atoms with Crippen LogP contribution in [0.2, 0.25) is 0 Å². The van der Waals surface area contributed by atoms with E-state index < -0.39 is 113 Å². The number of phosphoric acid groups is 1. The lowest BCUT2D eigenvalue weighted by Crippen LogP contribution is -2.47. The predicted molar refractivity (Wildman–Crippen MR) is 205 cm³/mol. The van der Waals surface area contributed by atoms with Gasteiger partial charge in [0.15, 0.2) is 23.8 Å². The van der Waals surface area contributed by atoms with Gasteiger partial charge >= 0.3 is 33.3 Å². The van der Waals surface area contributed by atoms with Crippen molar-refractivity contribution in [3.05, 3.63) is 83.4 Å². The summed E-state index contributed by atoms with van der Waals surface area (Å²) in [7, 11) is -10.3. The van der Waals surface area contributed by atoms with Gasteiger partial charge in [-0.05, 0) is 30.2 Å². The minimum absolute atomic E-state index is 0.0390. The van der Waals surface area contributed by atoms with E-state index in [4.69, 9.17) is 30.2 Å². The lowest BCUT2D eigenvalue weighted by molar-refractivity contribution is -0.160. The molecule has 2 saturated heterocycles. The number of carbonyl (C=O) groups excluding carboxylic acids is 2. The third-order valence-corrected chi connectivity index (χ3v) is 12.2. The number of nitrogen functional groups attached to an aromatic ring is 2. The molecule has 6 rings (SSSR count). The van der Waals surface area contributed by atoms with E-state index in [9.17, 15) is 56.5 Å². The van der Waals surface area contributed by atoms with Crippen LogP contribution < -0.4 is 22.5 Å². The number of anilines is 2. The summed E-state index contributed by atoms with van der Waals surface area (Å²) >= 11 is 0. The number of halogens is 3. The van der Waals surface area contributed by atoms with Crippen LogP contribution >= 0.6 is 15.4 Å². The molecular weight excluding hydrogens is 877 g/mol. The number of aromatic nitrogens is 6. The van der Waals surface area contributed by atoms with Crippen LogP contribution in [0.5, 0.6) is 0 Å². The van der Waals surface area contributed by atoms with Gasteiger partial charge in [-0.15, -0.1) is 6.58 Å². The fourth-order valence-corrected chi connectivity index (χ4v) is 8.99. The normalized spacial score (nSPS) is 24.4. The Morgan fingerprint density at radius 3 is 2.42 bits per heavy atom. The van der Waals surface area contributed by atoms with Crippen LogP contribution in [0.1, 0.15) is 36.2 Å². The molecule has 5 heterocycles. The number of aliphatic hydroxyl groups excluding tert-OH is 1. The Morgan fingerprint density at radius 2 is 1.76 bits per heavy atom. The molecule has 0 saturated carbocycles. The zero-order chi connectivity index (χ0) is 45.1. The highest BCUT2D eigenvalue weighted by Crippen LogP contribution is 2.57. The molecule has 62 heavy (non-hydrogen) atoms. The smallest absolute Gasteiger partial charge is 0.455 e. The van der Waals surface area contributed by atoms with Crippen molar-refractivity contribution in [2.24, 2.45) is 0 Å². The van der Waals surface area contributed by atoms with E-state index in [0.29, 0.717) is 0 Å². The number of rotatable bonds is 17. The first kappa shape index (κ1) is 46.4. The third-order valence-electron chi connectivity index (χ3n) is 9.81. The van der Waals surface area contributed by atoms with E-state index in [1.807, 2.05) is 0 Å². The first-order valence-corrected chi connectivity index (χ1v) is 21.5. The van der Waals surface area contributed by atoms with Gasteiger partial charge in [0.2, 0.25) is 5.91 Å². The summed E-state index contributed by atoms with van der Waals surface area (Å²) in [6, 6.07) is 2.05. The topological polar surface area (TPSA) is 338 Å². The van der Waals surface area contributed by atoms with Gasteiger partial charge in [0.25, 0.3) is 0 Å². The van der Waals surface area contributed by atoms with Gasteiger partial charge in [-0.3, -0.25) is 23.0 Å². The summed E-state index contributed by atoms with van der Waals surface area (Å²) in [6.45, 7) is 1.15. The van der Waals surface area contributed by atoms with Crippen LogP contribution in [0.3, 0.4) is 0 Å². The van der Waals surface area contributed by atoms with Crippen molar-refractivity contribution >= 4 is 50.1 Å². The molecule has 3 aromatic heterocycles. The minimum atomic E-state index is -5.18. The van der Waals surface area contributed by atoms with Crippen LogP contribution in [0.25, 0.3) is 11.2 Å². The van der Waals surface area contributed by atoms with Crippen molar-refractivity contribution in [3.63, 3.8) is 0 Å². The molecule has 28 heteroatoms. The van der Waals surface area contributed by atoms with Crippen LogP contribution in [0.15, 0.2) is 66.6 Å². The molecule has 0 aliphatic carbocycles. The van der Waals surface area contributed by atoms with Crippen LogP contribution in [-0.2, 0) is 54.6 Å². The molecule has 9 N–H and O–H groups in total. The number of phosphoric ester groups is 1. The number of nitrogens with zero attached hydrogens (tertiary/aromatic N) is 6. The monoisotopic (exact) mass is 917 g/mol. The molecule has 9 atom stereocenters. The maximum atomic E-state index is 14.3. The van der Waals surface area contributed by atoms with Gasteiger partial charge in [0.1, 0.15) is 41.6 Å². The van der Waals surface area contributed by atoms with Crippen LogP contribution in [0.4, 0.5) is 24.8 Å².